The molecule has 0 bridgehead atoms. The first-order valence-corrected chi connectivity index (χ1v) is 8.66. The third kappa shape index (κ3) is 4.14. The second-order valence-electron chi connectivity index (χ2n) is 6.84. The summed E-state index contributed by atoms with van der Waals surface area (Å²) < 4.78 is 5.85. The third-order valence-corrected chi connectivity index (χ3v) is 4.71. The lowest BCUT2D eigenvalue weighted by molar-refractivity contribution is -0.00526. The summed E-state index contributed by atoms with van der Waals surface area (Å²) in [4.78, 5) is 2.44. The molecule has 2 aliphatic rings. The first-order chi connectivity index (χ1) is 11.2. The molecule has 4 atom stereocenters. The van der Waals surface area contributed by atoms with E-state index in [1.54, 1.807) is 0 Å². The van der Waals surface area contributed by atoms with Gasteiger partial charge in [0.15, 0.2) is 0 Å². The molecule has 1 heterocycles. The van der Waals surface area contributed by atoms with E-state index in [1.807, 2.05) is 0 Å². The van der Waals surface area contributed by atoms with Crippen molar-refractivity contribution in [3.05, 3.63) is 42.0 Å². The van der Waals surface area contributed by atoms with Gasteiger partial charge in [0, 0.05) is 43.9 Å². The lowest BCUT2D eigenvalue weighted by Gasteiger charge is -2.38. The molecule has 2 unspecified atom stereocenters. The maximum Gasteiger partial charge on any atom is 0.0726 e. The number of anilines is 1. The second kappa shape index (κ2) is 7.47. The van der Waals surface area contributed by atoms with Crippen molar-refractivity contribution in [2.24, 2.45) is 5.92 Å². The summed E-state index contributed by atoms with van der Waals surface area (Å²) in [6.07, 6.45) is 5.83. The fraction of sp³-hybridized carbons (Fsp3) is 0.579. The van der Waals surface area contributed by atoms with Crippen LogP contribution in [0.15, 0.2) is 36.4 Å². The molecule has 23 heavy (non-hydrogen) atoms. The Morgan fingerprint density at radius 3 is 2.61 bits per heavy atom. The lowest BCUT2D eigenvalue weighted by Crippen LogP contribution is -2.46. The zero-order valence-corrected chi connectivity index (χ0v) is 14.1. The highest BCUT2D eigenvalue weighted by Crippen LogP contribution is 2.25. The monoisotopic (exact) mass is 316 g/mol. The molecule has 1 fully saturated rings. The summed E-state index contributed by atoms with van der Waals surface area (Å²) in [6.45, 7) is 7.26. The average Bonchev–Trinajstić information content (AvgIpc) is 3.00. The van der Waals surface area contributed by atoms with Crippen molar-refractivity contribution in [3.63, 3.8) is 0 Å². The smallest absolute Gasteiger partial charge is 0.0726 e. The fourth-order valence-corrected chi connectivity index (χ4v) is 3.65. The minimum Gasteiger partial charge on any atom is -0.396 e. The van der Waals surface area contributed by atoms with Gasteiger partial charge in [0.1, 0.15) is 0 Å². The van der Waals surface area contributed by atoms with Crippen molar-refractivity contribution in [1.82, 2.24) is 5.32 Å². The summed E-state index contributed by atoms with van der Waals surface area (Å²) in [5.41, 5.74) is 2.64. The van der Waals surface area contributed by atoms with Gasteiger partial charge in [-0.15, -0.1) is 0 Å². The molecule has 0 spiro atoms. The highest BCUT2D eigenvalue weighted by atomic mass is 16.5. The van der Waals surface area contributed by atoms with Crippen molar-refractivity contribution >= 4 is 5.69 Å². The Balaban J connectivity index is 1.65. The minimum absolute atomic E-state index is 0.245. The van der Waals surface area contributed by atoms with E-state index in [1.165, 1.54) is 11.3 Å². The van der Waals surface area contributed by atoms with Crippen molar-refractivity contribution in [2.45, 2.75) is 45.1 Å². The van der Waals surface area contributed by atoms with Gasteiger partial charge in [0.25, 0.3) is 0 Å². The largest absolute Gasteiger partial charge is 0.396 e. The van der Waals surface area contributed by atoms with E-state index < -0.39 is 0 Å². The molecular formula is C19H28N2O2. The Morgan fingerprint density at radius 1 is 1.17 bits per heavy atom. The first kappa shape index (κ1) is 16.5. The molecule has 4 nitrogen and oxygen atoms in total. The van der Waals surface area contributed by atoms with E-state index in [2.05, 4.69) is 60.5 Å². The number of aliphatic hydroxyl groups is 1. The van der Waals surface area contributed by atoms with Gasteiger partial charge < -0.3 is 20.1 Å². The predicted octanol–water partition coefficient (Wildman–Crippen LogP) is 2.33. The van der Waals surface area contributed by atoms with Crippen molar-refractivity contribution in [2.75, 3.05) is 24.6 Å². The summed E-state index contributed by atoms with van der Waals surface area (Å²) in [7, 11) is 0. The van der Waals surface area contributed by atoms with E-state index in [-0.39, 0.29) is 18.8 Å². The van der Waals surface area contributed by atoms with Gasteiger partial charge >= 0.3 is 0 Å². The van der Waals surface area contributed by atoms with Crippen LogP contribution in [0.4, 0.5) is 5.69 Å². The molecule has 4 heteroatoms. The molecule has 0 aromatic heterocycles. The zero-order valence-electron chi connectivity index (χ0n) is 14.1. The van der Waals surface area contributed by atoms with Crippen LogP contribution in [-0.2, 0) is 11.3 Å². The molecule has 0 amide bonds. The summed E-state index contributed by atoms with van der Waals surface area (Å²) in [5, 5.41) is 12.8. The Labute approximate surface area is 139 Å². The van der Waals surface area contributed by atoms with Crippen LogP contribution in [0, 0.1) is 5.92 Å². The molecule has 126 valence electrons. The van der Waals surface area contributed by atoms with Crippen LogP contribution in [0.5, 0.6) is 0 Å². The predicted molar refractivity (Wildman–Crippen MR) is 93.6 cm³/mol. The van der Waals surface area contributed by atoms with E-state index in [0.717, 1.165) is 26.1 Å². The van der Waals surface area contributed by atoms with E-state index in [4.69, 9.17) is 4.74 Å². The second-order valence-corrected chi connectivity index (χ2v) is 6.84. The average molecular weight is 316 g/mol. The number of hydrogen-bond acceptors (Lipinski definition) is 4. The van der Waals surface area contributed by atoms with Crippen LogP contribution in [-0.4, -0.2) is 43.1 Å². The SMILES string of the molecule is CC1CN(c2ccccc2CN[C@@H]2C=C[C@H](CO)C2)CC(C)O1. The fourth-order valence-electron chi connectivity index (χ4n) is 3.65. The molecule has 1 saturated heterocycles. The summed E-state index contributed by atoms with van der Waals surface area (Å²) >= 11 is 0. The molecule has 2 N–H and O–H groups in total. The highest BCUT2D eigenvalue weighted by Gasteiger charge is 2.24. The van der Waals surface area contributed by atoms with Crippen molar-refractivity contribution < 1.29 is 9.84 Å². The molecular weight excluding hydrogens is 288 g/mol. The van der Waals surface area contributed by atoms with Gasteiger partial charge in [0.2, 0.25) is 0 Å². The van der Waals surface area contributed by atoms with Gasteiger partial charge in [0.05, 0.1) is 12.2 Å². The van der Waals surface area contributed by atoms with Crippen LogP contribution in [0.1, 0.15) is 25.8 Å². The molecule has 1 aromatic carbocycles. The maximum atomic E-state index is 9.24. The Hall–Kier alpha value is -1.36. The summed E-state index contributed by atoms with van der Waals surface area (Å²) in [6, 6.07) is 9.00. The topological polar surface area (TPSA) is 44.7 Å². The number of benzene rings is 1. The van der Waals surface area contributed by atoms with Gasteiger partial charge in [-0.1, -0.05) is 30.4 Å². The van der Waals surface area contributed by atoms with Crippen molar-refractivity contribution in [3.8, 4) is 0 Å². The number of nitrogens with one attached hydrogen (secondary N) is 1. The number of nitrogens with zero attached hydrogens (tertiary/aromatic N) is 1. The number of rotatable bonds is 5. The Morgan fingerprint density at radius 2 is 1.91 bits per heavy atom. The standard InChI is InChI=1S/C19H28N2O2/c1-14-11-21(12-15(2)23-14)19-6-4-3-5-17(19)10-20-18-8-7-16(9-18)13-22/h3-8,14-16,18,20,22H,9-13H2,1-2H3/t14?,15?,16-,18+/m0/s1. The van der Waals surface area contributed by atoms with Crippen LogP contribution >= 0.6 is 0 Å². The van der Waals surface area contributed by atoms with E-state index in [9.17, 15) is 5.11 Å². The Kier molecular flexibility index (Phi) is 5.36. The lowest BCUT2D eigenvalue weighted by atomic mass is 10.1. The van der Waals surface area contributed by atoms with Crippen LogP contribution in [0.25, 0.3) is 0 Å². The molecule has 0 radical (unpaired) electrons. The van der Waals surface area contributed by atoms with Crippen LogP contribution < -0.4 is 10.2 Å². The van der Waals surface area contributed by atoms with Gasteiger partial charge in [-0.3, -0.25) is 0 Å². The van der Waals surface area contributed by atoms with Crippen LogP contribution in [0.3, 0.4) is 0 Å². The van der Waals surface area contributed by atoms with Gasteiger partial charge in [-0.2, -0.15) is 0 Å². The molecule has 1 aliphatic carbocycles. The normalized spacial score (nSPS) is 30.8. The van der Waals surface area contributed by atoms with Gasteiger partial charge in [-0.25, -0.2) is 0 Å². The molecule has 3 rings (SSSR count). The van der Waals surface area contributed by atoms with E-state index >= 15 is 0 Å². The van der Waals surface area contributed by atoms with E-state index in [0.29, 0.717) is 12.0 Å². The first-order valence-electron chi connectivity index (χ1n) is 8.66. The third-order valence-electron chi connectivity index (χ3n) is 4.71. The summed E-state index contributed by atoms with van der Waals surface area (Å²) in [5.74, 6) is 0.309. The number of aliphatic hydroxyl groups excluding tert-OH is 1. The van der Waals surface area contributed by atoms with Crippen LogP contribution in [0.2, 0.25) is 0 Å². The van der Waals surface area contributed by atoms with Crippen molar-refractivity contribution in [1.29, 1.82) is 0 Å². The maximum absolute atomic E-state index is 9.24. The molecule has 1 aliphatic heterocycles. The number of hydrogen-bond donors (Lipinski definition) is 2. The quantitative estimate of drug-likeness (QED) is 0.819. The highest BCUT2D eigenvalue weighted by molar-refractivity contribution is 5.54. The minimum atomic E-state index is 0.245. The number of para-hydroxylation sites is 1. The Bertz CT molecular complexity index is 536. The zero-order chi connectivity index (χ0) is 16.2. The number of morpholine rings is 1. The number of ether oxygens (including phenoxy) is 1. The molecule has 1 aromatic rings. The molecule has 0 saturated carbocycles. The van der Waals surface area contributed by atoms with Gasteiger partial charge in [-0.05, 0) is 31.9 Å².